The van der Waals surface area contributed by atoms with Gasteiger partial charge in [-0.15, -0.1) is 0 Å². The van der Waals surface area contributed by atoms with Crippen molar-refractivity contribution in [3.63, 3.8) is 0 Å². The summed E-state index contributed by atoms with van der Waals surface area (Å²) in [5, 5.41) is 11.5. The SMILES string of the molecule is COc1ccc2nc(N3C(=O)C(=O)C(=C(O)c4ccc(OC)c(C)c4)[C@H]3c3ccco3)sc2c1. The normalized spacial score (nSPS) is 17.5. The topological polar surface area (TPSA) is 102 Å². The number of benzene rings is 2. The van der Waals surface area contributed by atoms with Gasteiger partial charge in [0.15, 0.2) is 5.13 Å². The number of anilines is 1. The number of Topliss-reactive ketones (excluding diaryl/α,β-unsaturated/α-hetero) is 1. The molecule has 4 aromatic rings. The number of fused-ring (bicyclic) bond motifs is 1. The minimum Gasteiger partial charge on any atom is -0.507 e. The Hall–Kier alpha value is -4.11. The Morgan fingerprint density at radius 2 is 1.94 bits per heavy atom. The van der Waals surface area contributed by atoms with Gasteiger partial charge in [0.05, 0.1) is 36.3 Å². The van der Waals surface area contributed by atoms with E-state index in [4.69, 9.17) is 13.9 Å². The number of ether oxygens (including phenoxy) is 2. The first-order valence-electron chi connectivity index (χ1n) is 10.4. The van der Waals surface area contributed by atoms with Crippen molar-refractivity contribution in [2.45, 2.75) is 13.0 Å². The highest BCUT2D eigenvalue weighted by atomic mass is 32.1. The lowest BCUT2D eigenvalue weighted by atomic mass is 9.98. The zero-order valence-electron chi connectivity index (χ0n) is 18.6. The minimum atomic E-state index is -0.972. The summed E-state index contributed by atoms with van der Waals surface area (Å²) in [6.07, 6.45) is 1.45. The van der Waals surface area contributed by atoms with Gasteiger partial charge in [0.1, 0.15) is 29.1 Å². The molecule has 0 radical (unpaired) electrons. The first-order valence-corrected chi connectivity index (χ1v) is 11.2. The summed E-state index contributed by atoms with van der Waals surface area (Å²) >= 11 is 1.25. The molecular formula is C25H20N2O6S. The monoisotopic (exact) mass is 476 g/mol. The molecule has 1 aliphatic rings. The number of ketones is 1. The number of hydrogen-bond donors (Lipinski definition) is 1. The van der Waals surface area contributed by atoms with Crippen molar-refractivity contribution in [2.75, 3.05) is 19.1 Å². The highest BCUT2D eigenvalue weighted by Gasteiger charge is 2.49. The smallest absolute Gasteiger partial charge is 0.302 e. The Kier molecular flexibility index (Phi) is 5.33. The number of aliphatic hydroxyl groups is 1. The molecule has 3 heterocycles. The van der Waals surface area contributed by atoms with Gasteiger partial charge in [-0.05, 0) is 61.0 Å². The van der Waals surface area contributed by atoms with Gasteiger partial charge in [-0.1, -0.05) is 11.3 Å². The van der Waals surface area contributed by atoms with E-state index < -0.39 is 17.7 Å². The maximum Gasteiger partial charge on any atom is 0.302 e. The molecule has 0 saturated carbocycles. The summed E-state index contributed by atoms with van der Waals surface area (Å²) in [6, 6.07) is 12.8. The Labute approximate surface area is 198 Å². The van der Waals surface area contributed by atoms with Gasteiger partial charge in [0.25, 0.3) is 5.78 Å². The molecule has 2 aromatic carbocycles. The average molecular weight is 477 g/mol. The van der Waals surface area contributed by atoms with E-state index in [1.54, 1.807) is 56.7 Å². The summed E-state index contributed by atoms with van der Waals surface area (Å²) < 4.78 is 17.0. The van der Waals surface area contributed by atoms with Crippen molar-refractivity contribution in [1.29, 1.82) is 0 Å². The molecule has 1 aliphatic heterocycles. The lowest BCUT2D eigenvalue weighted by Crippen LogP contribution is -2.29. The van der Waals surface area contributed by atoms with Crippen LogP contribution in [-0.2, 0) is 9.59 Å². The number of nitrogens with zero attached hydrogens (tertiary/aromatic N) is 2. The maximum absolute atomic E-state index is 13.2. The average Bonchev–Trinajstić information content (AvgIpc) is 3.56. The molecule has 2 aromatic heterocycles. The number of aliphatic hydroxyl groups excluding tert-OH is 1. The Bertz CT molecular complexity index is 1450. The van der Waals surface area contributed by atoms with Crippen LogP contribution in [-0.4, -0.2) is 36.0 Å². The standard InChI is InChI=1S/C25H20N2O6S/c1-13-11-14(6-9-17(13)32-3)22(28)20-21(18-5-4-10-33-18)27(24(30)23(20)29)25-26-16-8-7-15(31-2)12-19(16)34-25/h4-12,21,28H,1-3H3/t21-/m1/s1. The number of amides is 1. The lowest BCUT2D eigenvalue weighted by Gasteiger charge is -2.20. The molecule has 8 nitrogen and oxygen atoms in total. The minimum absolute atomic E-state index is 0.0682. The van der Waals surface area contributed by atoms with Crippen LogP contribution >= 0.6 is 11.3 Å². The van der Waals surface area contributed by atoms with Gasteiger partial charge in [-0.3, -0.25) is 14.5 Å². The van der Waals surface area contributed by atoms with E-state index in [2.05, 4.69) is 4.98 Å². The molecule has 1 fully saturated rings. The van der Waals surface area contributed by atoms with Crippen LogP contribution in [0.4, 0.5) is 5.13 Å². The van der Waals surface area contributed by atoms with Gasteiger partial charge in [0.2, 0.25) is 0 Å². The first kappa shape index (κ1) is 21.7. The lowest BCUT2D eigenvalue weighted by molar-refractivity contribution is -0.132. The van der Waals surface area contributed by atoms with E-state index in [0.29, 0.717) is 33.5 Å². The number of hydrogen-bond acceptors (Lipinski definition) is 8. The molecule has 1 atom stereocenters. The summed E-state index contributed by atoms with van der Waals surface area (Å²) in [5.41, 5.74) is 1.75. The molecule has 172 valence electrons. The number of carbonyl (C=O) groups excluding carboxylic acids is 2. The molecule has 34 heavy (non-hydrogen) atoms. The fourth-order valence-corrected chi connectivity index (χ4v) is 5.07. The largest absolute Gasteiger partial charge is 0.507 e. The van der Waals surface area contributed by atoms with E-state index in [9.17, 15) is 14.7 Å². The number of aromatic nitrogens is 1. The second kappa shape index (κ2) is 8.35. The van der Waals surface area contributed by atoms with Crippen LogP contribution in [0, 0.1) is 6.92 Å². The van der Waals surface area contributed by atoms with E-state index in [0.717, 1.165) is 10.3 Å². The molecule has 5 rings (SSSR count). The Morgan fingerprint density at radius 1 is 1.12 bits per heavy atom. The summed E-state index contributed by atoms with van der Waals surface area (Å²) in [5.74, 6) is -0.270. The van der Waals surface area contributed by atoms with Crippen molar-refractivity contribution < 1.29 is 28.6 Å². The van der Waals surface area contributed by atoms with Crippen LogP contribution in [0.3, 0.4) is 0 Å². The predicted molar refractivity (Wildman–Crippen MR) is 127 cm³/mol. The van der Waals surface area contributed by atoms with Crippen LogP contribution in [0.5, 0.6) is 11.5 Å². The zero-order chi connectivity index (χ0) is 24.0. The van der Waals surface area contributed by atoms with Gasteiger partial charge in [-0.25, -0.2) is 4.98 Å². The van der Waals surface area contributed by atoms with Crippen molar-refractivity contribution >= 4 is 44.1 Å². The second-order valence-electron chi connectivity index (χ2n) is 7.70. The third kappa shape index (κ3) is 3.41. The molecule has 1 amide bonds. The summed E-state index contributed by atoms with van der Waals surface area (Å²) in [7, 11) is 3.12. The quantitative estimate of drug-likeness (QED) is 0.250. The third-order valence-electron chi connectivity index (χ3n) is 5.72. The van der Waals surface area contributed by atoms with Crippen LogP contribution < -0.4 is 14.4 Å². The van der Waals surface area contributed by atoms with Gasteiger partial charge in [-0.2, -0.15) is 0 Å². The van der Waals surface area contributed by atoms with Crippen LogP contribution in [0.15, 0.2) is 64.8 Å². The van der Waals surface area contributed by atoms with Crippen molar-refractivity contribution in [1.82, 2.24) is 4.98 Å². The van der Waals surface area contributed by atoms with E-state index in [1.165, 1.54) is 22.5 Å². The maximum atomic E-state index is 13.2. The Morgan fingerprint density at radius 3 is 2.62 bits per heavy atom. The van der Waals surface area contributed by atoms with Crippen LogP contribution in [0.1, 0.15) is 22.9 Å². The van der Waals surface area contributed by atoms with E-state index in [1.807, 2.05) is 13.0 Å². The zero-order valence-corrected chi connectivity index (χ0v) is 19.4. The molecule has 0 unspecified atom stereocenters. The summed E-state index contributed by atoms with van der Waals surface area (Å²) in [6.45, 7) is 1.83. The van der Waals surface area contributed by atoms with Crippen molar-refractivity contribution in [2.24, 2.45) is 0 Å². The fourth-order valence-electron chi connectivity index (χ4n) is 4.05. The van der Waals surface area contributed by atoms with Gasteiger partial charge in [0, 0.05) is 5.56 Å². The highest BCUT2D eigenvalue weighted by Crippen LogP contribution is 2.44. The molecule has 9 heteroatoms. The fraction of sp³-hybridized carbons (Fsp3) is 0.160. The second-order valence-corrected chi connectivity index (χ2v) is 8.71. The van der Waals surface area contributed by atoms with Crippen LogP contribution in [0.25, 0.3) is 16.0 Å². The number of carbonyl (C=O) groups is 2. The Balaban J connectivity index is 1.68. The number of thiazole rings is 1. The molecule has 0 aliphatic carbocycles. The van der Waals surface area contributed by atoms with Gasteiger partial charge >= 0.3 is 5.91 Å². The van der Waals surface area contributed by atoms with Crippen LogP contribution in [0.2, 0.25) is 0 Å². The van der Waals surface area contributed by atoms with E-state index >= 15 is 0 Å². The van der Waals surface area contributed by atoms with Crippen molar-refractivity contribution in [3.8, 4) is 11.5 Å². The van der Waals surface area contributed by atoms with Crippen molar-refractivity contribution in [3.05, 3.63) is 77.3 Å². The molecule has 1 N–H and O–H groups in total. The van der Waals surface area contributed by atoms with E-state index in [-0.39, 0.29) is 11.3 Å². The molecule has 0 spiro atoms. The number of methoxy groups -OCH3 is 2. The number of rotatable bonds is 5. The predicted octanol–water partition coefficient (Wildman–Crippen LogP) is 4.84. The third-order valence-corrected chi connectivity index (χ3v) is 6.73. The first-order chi connectivity index (χ1) is 16.4. The van der Waals surface area contributed by atoms with Gasteiger partial charge < -0.3 is 19.0 Å². The number of aryl methyl sites for hydroxylation is 1. The molecule has 1 saturated heterocycles. The molecule has 0 bridgehead atoms. The molecular weight excluding hydrogens is 456 g/mol. The summed E-state index contributed by atoms with van der Waals surface area (Å²) in [4.78, 5) is 32.3. The number of furan rings is 1. The highest BCUT2D eigenvalue weighted by molar-refractivity contribution is 7.22.